The highest BCUT2D eigenvalue weighted by atomic mass is 35.5. The lowest BCUT2D eigenvalue weighted by atomic mass is 10.3. The highest BCUT2D eigenvalue weighted by molar-refractivity contribution is 6.33. The van der Waals surface area contributed by atoms with E-state index < -0.39 is 0 Å². The molecule has 2 heterocycles. The van der Waals surface area contributed by atoms with Gasteiger partial charge < -0.3 is 4.74 Å². The van der Waals surface area contributed by atoms with E-state index in [1.807, 2.05) is 35.3 Å². The molecule has 110 valence electrons. The number of hydrogen-bond donors (Lipinski definition) is 1. The lowest BCUT2D eigenvalue weighted by Crippen LogP contribution is -2.48. The number of halogens is 1. The Hall–Kier alpha value is -1.89. The van der Waals surface area contributed by atoms with Crippen molar-refractivity contribution in [1.82, 2.24) is 20.2 Å². The molecule has 0 spiro atoms. The number of hydrazine groups is 1. The molecule has 1 aromatic heterocycles. The van der Waals surface area contributed by atoms with Gasteiger partial charge in [-0.1, -0.05) is 29.8 Å². The second-order valence-corrected chi connectivity index (χ2v) is 4.99. The van der Waals surface area contributed by atoms with Crippen molar-refractivity contribution in [3.8, 4) is 5.69 Å². The van der Waals surface area contributed by atoms with Gasteiger partial charge in [0.1, 0.15) is 5.15 Å². The highest BCUT2D eigenvalue weighted by Gasteiger charge is 2.20. The maximum absolute atomic E-state index is 12.2. The SMILES string of the molecule is O=C(NN1CCOCC1)c1cnn(-c2ccccc2)c1Cl. The summed E-state index contributed by atoms with van der Waals surface area (Å²) in [6.07, 6.45) is 1.48. The van der Waals surface area contributed by atoms with Gasteiger partial charge in [-0.05, 0) is 12.1 Å². The van der Waals surface area contributed by atoms with E-state index in [1.165, 1.54) is 10.9 Å². The summed E-state index contributed by atoms with van der Waals surface area (Å²) in [4.78, 5) is 12.2. The van der Waals surface area contributed by atoms with Crippen LogP contribution < -0.4 is 5.43 Å². The van der Waals surface area contributed by atoms with Crippen molar-refractivity contribution in [2.45, 2.75) is 0 Å². The zero-order valence-electron chi connectivity index (χ0n) is 11.3. The van der Waals surface area contributed by atoms with Gasteiger partial charge in [-0.15, -0.1) is 0 Å². The Balaban J connectivity index is 1.77. The molecular weight excluding hydrogens is 292 g/mol. The van der Waals surface area contributed by atoms with Gasteiger partial charge >= 0.3 is 0 Å². The molecule has 0 saturated carbocycles. The molecule has 1 aliphatic heterocycles. The second-order valence-electron chi connectivity index (χ2n) is 4.64. The molecule has 1 aromatic carbocycles. The third kappa shape index (κ3) is 3.07. The highest BCUT2D eigenvalue weighted by Crippen LogP contribution is 2.20. The summed E-state index contributed by atoms with van der Waals surface area (Å²) < 4.78 is 6.77. The first kappa shape index (κ1) is 14.1. The van der Waals surface area contributed by atoms with Crippen molar-refractivity contribution >= 4 is 17.5 Å². The van der Waals surface area contributed by atoms with Crippen molar-refractivity contribution in [3.05, 3.63) is 47.2 Å². The van der Waals surface area contributed by atoms with Crippen LogP contribution in [0.3, 0.4) is 0 Å². The van der Waals surface area contributed by atoms with Crippen LogP contribution in [-0.2, 0) is 4.74 Å². The molecule has 0 bridgehead atoms. The number of para-hydroxylation sites is 1. The zero-order valence-corrected chi connectivity index (χ0v) is 12.1. The zero-order chi connectivity index (χ0) is 14.7. The molecule has 0 radical (unpaired) electrons. The third-order valence-electron chi connectivity index (χ3n) is 3.23. The predicted molar refractivity (Wildman–Crippen MR) is 78.4 cm³/mol. The number of aromatic nitrogens is 2. The standard InChI is InChI=1S/C14H15ClN4O2/c15-13-12(14(20)17-18-6-8-21-9-7-18)10-16-19(13)11-4-2-1-3-5-11/h1-5,10H,6-9H2,(H,17,20). The summed E-state index contributed by atoms with van der Waals surface area (Å²) in [5.74, 6) is -0.260. The van der Waals surface area contributed by atoms with E-state index in [0.717, 1.165) is 5.69 Å². The summed E-state index contributed by atoms with van der Waals surface area (Å²) >= 11 is 6.27. The molecule has 7 heteroatoms. The number of nitrogens with one attached hydrogen (secondary N) is 1. The van der Waals surface area contributed by atoms with Crippen LogP contribution in [0.15, 0.2) is 36.5 Å². The number of nitrogens with zero attached hydrogens (tertiary/aromatic N) is 3. The Labute approximate surface area is 127 Å². The van der Waals surface area contributed by atoms with Crippen LogP contribution in [-0.4, -0.2) is 47.0 Å². The van der Waals surface area contributed by atoms with Crippen LogP contribution in [0.4, 0.5) is 0 Å². The summed E-state index contributed by atoms with van der Waals surface area (Å²) in [7, 11) is 0. The minimum atomic E-state index is -0.260. The number of carbonyl (C=O) groups excluding carboxylic acids is 1. The fraction of sp³-hybridized carbons (Fsp3) is 0.286. The van der Waals surface area contributed by atoms with Crippen LogP contribution in [0, 0.1) is 0 Å². The molecule has 1 N–H and O–H groups in total. The number of carbonyl (C=O) groups is 1. The van der Waals surface area contributed by atoms with Gasteiger partial charge in [-0.2, -0.15) is 5.10 Å². The fourth-order valence-corrected chi connectivity index (χ4v) is 2.39. The number of morpholine rings is 1. The largest absolute Gasteiger partial charge is 0.379 e. The average molecular weight is 307 g/mol. The van der Waals surface area contributed by atoms with Crippen molar-refractivity contribution in [2.24, 2.45) is 0 Å². The average Bonchev–Trinajstić information content (AvgIpc) is 2.91. The first-order valence-corrected chi connectivity index (χ1v) is 7.06. The third-order valence-corrected chi connectivity index (χ3v) is 3.59. The van der Waals surface area contributed by atoms with Crippen molar-refractivity contribution in [1.29, 1.82) is 0 Å². The summed E-state index contributed by atoms with van der Waals surface area (Å²) in [6.45, 7) is 2.54. The number of rotatable bonds is 3. The molecule has 1 saturated heterocycles. The monoisotopic (exact) mass is 306 g/mol. The van der Waals surface area contributed by atoms with E-state index in [1.54, 1.807) is 0 Å². The van der Waals surface area contributed by atoms with E-state index in [4.69, 9.17) is 16.3 Å². The molecule has 1 fully saturated rings. The Kier molecular flexibility index (Phi) is 4.19. The lowest BCUT2D eigenvalue weighted by Gasteiger charge is -2.26. The molecule has 0 atom stereocenters. The van der Waals surface area contributed by atoms with Gasteiger partial charge in [0.25, 0.3) is 5.91 Å². The quantitative estimate of drug-likeness (QED) is 0.933. The second kappa shape index (κ2) is 6.26. The lowest BCUT2D eigenvalue weighted by molar-refractivity contribution is 0.0126. The van der Waals surface area contributed by atoms with Crippen LogP contribution >= 0.6 is 11.6 Å². The Morgan fingerprint density at radius 2 is 1.95 bits per heavy atom. The van der Waals surface area contributed by atoms with Gasteiger partial charge in [0.2, 0.25) is 0 Å². The number of benzene rings is 1. The van der Waals surface area contributed by atoms with Gasteiger partial charge in [0.05, 0.1) is 30.7 Å². The normalized spacial score (nSPS) is 15.9. The summed E-state index contributed by atoms with van der Waals surface area (Å²) in [6, 6.07) is 9.44. The van der Waals surface area contributed by atoms with Crippen LogP contribution in [0.1, 0.15) is 10.4 Å². The summed E-state index contributed by atoms with van der Waals surface area (Å²) in [5.41, 5.74) is 3.98. The van der Waals surface area contributed by atoms with E-state index in [2.05, 4.69) is 10.5 Å². The van der Waals surface area contributed by atoms with Gasteiger partial charge in [0.15, 0.2) is 0 Å². The molecule has 1 amide bonds. The number of ether oxygens (including phenoxy) is 1. The molecule has 6 nitrogen and oxygen atoms in total. The number of hydrogen-bond acceptors (Lipinski definition) is 4. The molecule has 2 aromatic rings. The van der Waals surface area contributed by atoms with Crippen LogP contribution in [0.25, 0.3) is 5.69 Å². The molecule has 3 rings (SSSR count). The van der Waals surface area contributed by atoms with E-state index in [-0.39, 0.29) is 5.91 Å². The van der Waals surface area contributed by atoms with Gasteiger partial charge in [0, 0.05) is 13.1 Å². The van der Waals surface area contributed by atoms with E-state index in [9.17, 15) is 4.79 Å². The summed E-state index contributed by atoms with van der Waals surface area (Å²) in [5, 5.41) is 6.30. The molecule has 0 unspecified atom stereocenters. The maximum atomic E-state index is 12.2. The first-order chi connectivity index (χ1) is 10.3. The Morgan fingerprint density at radius 3 is 2.67 bits per heavy atom. The molecule has 21 heavy (non-hydrogen) atoms. The van der Waals surface area contributed by atoms with Crippen molar-refractivity contribution in [3.63, 3.8) is 0 Å². The van der Waals surface area contributed by atoms with Crippen LogP contribution in [0.5, 0.6) is 0 Å². The van der Waals surface area contributed by atoms with E-state index in [0.29, 0.717) is 37.0 Å². The first-order valence-electron chi connectivity index (χ1n) is 6.68. The minimum absolute atomic E-state index is 0.260. The smallest absolute Gasteiger partial charge is 0.270 e. The van der Waals surface area contributed by atoms with Crippen molar-refractivity contribution in [2.75, 3.05) is 26.3 Å². The van der Waals surface area contributed by atoms with Gasteiger partial charge in [-0.25, -0.2) is 9.69 Å². The predicted octanol–water partition coefficient (Wildman–Crippen LogP) is 1.50. The Bertz CT molecular complexity index is 623. The number of amides is 1. The maximum Gasteiger partial charge on any atom is 0.270 e. The molecule has 0 aliphatic carbocycles. The van der Waals surface area contributed by atoms with Gasteiger partial charge in [-0.3, -0.25) is 10.2 Å². The van der Waals surface area contributed by atoms with E-state index >= 15 is 0 Å². The van der Waals surface area contributed by atoms with Crippen LogP contribution in [0.2, 0.25) is 5.15 Å². The van der Waals surface area contributed by atoms with Crippen molar-refractivity contribution < 1.29 is 9.53 Å². The minimum Gasteiger partial charge on any atom is -0.379 e. The Morgan fingerprint density at radius 1 is 1.24 bits per heavy atom. The topological polar surface area (TPSA) is 59.4 Å². The fourth-order valence-electron chi connectivity index (χ4n) is 2.11. The molecular formula is C14H15ClN4O2. The molecule has 1 aliphatic rings.